The van der Waals surface area contributed by atoms with Crippen molar-refractivity contribution in [2.75, 3.05) is 13.7 Å². The first-order valence-electron chi connectivity index (χ1n) is 7.18. The largest absolute Gasteiger partial charge is 0.469 e. The van der Waals surface area contributed by atoms with Crippen molar-refractivity contribution in [1.82, 2.24) is 10.3 Å². The number of aromatic nitrogens is 1. The van der Waals surface area contributed by atoms with E-state index in [0.717, 1.165) is 19.4 Å². The van der Waals surface area contributed by atoms with Gasteiger partial charge in [-0.2, -0.15) is 0 Å². The molecule has 1 aliphatic heterocycles. The van der Waals surface area contributed by atoms with Crippen LogP contribution in [0.25, 0.3) is 10.9 Å². The van der Waals surface area contributed by atoms with Crippen LogP contribution in [0.1, 0.15) is 23.5 Å². The summed E-state index contributed by atoms with van der Waals surface area (Å²) in [6.45, 7) is 0.726. The van der Waals surface area contributed by atoms with E-state index in [0.29, 0.717) is 12.0 Å². The maximum atomic E-state index is 11.8. The molecule has 2 N–H and O–H groups in total. The van der Waals surface area contributed by atoms with E-state index in [2.05, 4.69) is 34.7 Å². The van der Waals surface area contributed by atoms with Crippen LogP contribution >= 0.6 is 0 Å². The Morgan fingerprint density at radius 2 is 2.30 bits per heavy atom. The van der Waals surface area contributed by atoms with E-state index in [1.54, 1.807) is 0 Å². The summed E-state index contributed by atoms with van der Waals surface area (Å²) in [6.07, 6.45) is 4.04. The number of aromatic amines is 1. The SMILES string of the molecule is COC(=O)[C@H]1CN[C@@H]2Cc3c[nH]c4cccc(c34)C2C1. The van der Waals surface area contributed by atoms with Crippen molar-refractivity contribution in [2.24, 2.45) is 5.92 Å². The first-order valence-corrected chi connectivity index (χ1v) is 7.18. The third-order valence-corrected chi connectivity index (χ3v) is 4.84. The molecule has 2 heterocycles. The minimum absolute atomic E-state index is 0.0306. The van der Waals surface area contributed by atoms with E-state index in [1.807, 2.05) is 0 Å². The summed E-state index contributed by atoms with van der Waals surface area (Å²) in [6, 6.07) is 6.86. The Balaban J connectivity index is 1.76. The van der Waals surface area contributed by atoms with Gasteiger partial charge < -0.3 is 15.0 Å². The number of methoxy groups -OCH3 is 1. The van der Waals surface area contributed by atoms with Crippen molar-refractivity contribution in [2.45, 2.75) is 24.8 Å². The lowest BCUT2D eigenvalue weighted by molar-refractivity contribution is -0.146. The molecular weight excluding hydrogens is 252 g/mol. The second-order valence-electron chi connectivity index (χ2n) is 5.86. The van der Waals surface area contributed by atoms with Crippen LogP contribution in [0, 0.1) is 5.92 Å². The summed E-state index contributed by atoms with van der Waals surface area (Å²) in [5, 5.41) is 4.91. The lowest BCUT2D eigenvalue weighted by atomic mass is 9.73. The average Bonchev–Trinajstić information content (AvgIpc) is 2.91. The third kappa shape index (κ3) is 1.61. The predicted octanol–water partition coefficient (Wildman–Crippen LogP) is 1.96. The Hall–Kier alpha value is -1.81. The molecule has 1 unspecified atom stereocenters. The number of rotatable bonds is 1. The van der Waals surface area contributed by atoms with Gasteiger partial charge >= 0.3 is 5.97 Å². The highest BCUT2D eigenvalue weighted by Gasteiger charge is 2.38. The van der Waals surface area contributed by atoms with Gasteiger partial charge in [0, 0.05) is 35.6 Å². The molecule has 4 nitrogen and oxygen atoms in total. The van der Waals surface area contributed by atoms with E-state index in [1.165, 1.54) is 29.1 Å². The molecule has 4 rings (SSSR count). The zero-order valence-electron chi connectivity index (χ0n) is 11.5. The number of ether oxygens (including phenoxy) is 1. The Labute approximate surface area is 117 Å². The zero-order valence-corrected chi connectivity index (χ0v) is 11.5. The van der Waals surface area contributed by atoms with Crippen LogP contribution in [0.2, 0.25) is 0 Å². The highest BCUT2D eigenvalue weighted by atomic mass is 16.5. The van der Waals surface area contributed by atoms with Crippen LogP contribution in [-0.4, -0.2) is 30.6 Å². The van der Waals surface area contributed by atoms with Crippen LogP contribution < -0.4 is 5.32 Å². The van der Waals surface area contributed by atoms with Crippen LogP contribution in [0.3, 0.4) is 0 Å². The lowest BCUT2D eigenvalue weighted by Gasteiger charge is -2.39. The smallest absolute Gasteiger partial charge is 0.309 e. The summed E-state index contributed by atoms with van der Waals surface area (Å²) < 4.78 is 4.91. The molecule has 4 heteroatoms. The Morgan fingerprint density at radius 3 is 3.15 bits per heavy atom. The molecule has 3 atom stereocenters. The molecule has 0 amide bonds. The maximum absolute atomic E-state index is 11.8. The quantitative estimate of drug-likeness (QED) is 0.779. The lowest BCUT2D eigenvalue weighted by Crippen LogP contribution is -2.48. The molecule has 0 spiro atoms. The minimum atomic E-state index is -0.0945. The van der Waals surface area contributed by atoms with Crippen LogP contribution in [0.5, 0.6) is 0 Å². The van der Waals surface area contributed by atoms with Gasteiger partial charge in [0.05, 0.1) is 13.0 Å². The standard InChI is InChI=1S/C16H18N2O2/c1-20-16(19)10-5-12-11-3-2-4-13-15(11)9(7-17-13)6-14(12)18-8-10/h2-4,7,10,12,14,17-18H,5-6,8H2,1H3/t10-,12?,14-/m1/s1. The van der Waals surface area contributed by atoms with Gasteiger partial charge in [-0.3, -0.25) is 4.79 Å². The van der Waals surface area contributed by atoms with Gasteiger partial charge in [-0.05, 0) is 30.0 Å². The topological polar surface area (TPSA) is 54.1 Å². The van der Waals surface area contributed by atoms with Gasteiger partial charge in [0.15, 0.2) is 0 Å². The van der Waals surface area contributed by atoms with E-state index in [4.69, 9.17) is 4.74 Å². The molecule has 2 aliphatic rings. The zero-order chi connectivity index (χ0) is 13.7. The van der Waals surface area contributed by atoms with E-state index in [9.17, 15) is 4.79 Å². The number of hydrogen-bond donors (Lipinski definition) is 2. The molecule has 0 radical (unpaired) electrons. The number of H-pyrrole nitrogens is 1. The molecule has 1 aliphatic carbocycles. The second kappa shape index (κ2) is 4.35. The number of benzene rings is 1. The van der Waals surface area contributed by atoms with Crippen LogP contribution in [-0.2, 0) is 16.0 Å². The number of nitrogens with one attached hydrogen (secondary N) is 2. The van der Waals surface area contributed by atoms with Gasteiger partial charge in [-0.1, -0.05) is 12.1 Å². The average molecular weight is 270 g/mol. The van der Waals surface area contributed by atoms with Gasteiger partial charge in [0.1, 0.15) is 0 Å². The summed E-state index contributed by atoms with van der Waals surface area (Å²) in [7, 11) is 1.47. The first kappa shape index (κ1) is 12.0. The number of esters is 1. The first-order chi connectivity index (χ1) is 9.78. The minimum Gasteiger partial charge on any atom is -0.469 e. The van der Waals surface area contributed by atoms with Crippen molar-refractivity contribution in [3.63, 3.8) is 0 Å². The van der Waals surface area contributed by atoms with Crippen molar-refractivity contribution in [3.05, 3.63) is 35.5 Å². The molecule has 104 valence electrons. The molecule has 1 fully saturated rings. The number of carbonyl (C=O) groups excluding carboxylic acids is 1. The van der Waals surface area contributed by atoms with Gasteiger partial charge in [-0.25, -0.2) is 0 Å². The molecular formula is C16H18N2O2. The number of piperidine rings is 1. The Bertz CT molecular complexity index is 676. The highest BCUT2D eigenvalue weighted by Crippen LogP contribution is 2.41. The molecule has 1 saturated heterocycles. The summed E-state index contributed by atoms with van der Waals surface area (Å²) in [4.78, 5) is 15.2. The summed E-state index contributed by atoms with van der Waals surface area (Å²) in [5.74, 6) is 0.278. The van der Waals surface area contributed by atoms with E-state index in [-0.39, 0.29) is 11.9 Å². The van der Waals surface area contributed by atoms with Gasteiger partial charge in [0.25, 0.3) is 0 Å². The number of hydrogen-bond acceptors (Lipinski definition) is 3. The fraction of sp³-hybridized carbons (Fsp3) is 0.438. The Kier molecular flexibility index (Phi) is 2.60. The van der Waals surface area contributed by atoms with Crippen molar-refractivity contribution in [3.8, 4) is 0 Å². The molecule has 2 aromatic rings. The van der Waals surface area contributed by atoms with Crippen molar-refractivity contribution >= 4 is 16.9 Å². The van der Waals surface area contributed by atoms with Crippen molar-refractivity contribution < 1.29 is 9.53 Å². The molecule has 1 aromatic heterocycles. The van der Waals surface area contributed by atoms with Crippen molar-refractivity contribution in [1.29, 1.82) is 0 Å². The van der Waals surface area contributed by atoms with E-state index >= 15 is 0 Å². The summed E-state index contributed by atoms with van der Waals surface area (Å²) >= 11 is 0. The van der Waals surface area contributed by atoms with E-state index < -0.39 is 0 Å². The van der Waals surface area contributed by atoms with Gasteiger partial charge in [-0.15, -0.1) is 0 Å². The molecule has 0 saturated carbocycles. The Morgan fingerprint density at radius 1 is 1.40 bits per heavy atom. The second-order valence-corrected chi connectivity index (χ2v) is 5.86. The fourth-order valence-electron chi connectivity index (χ4n) is 3.89. The third-order valence-electron chi connectivity index (χ3n) is 4.84. The monoisotopic (exact) mass is 270 g/mol. The van der Waals surface area contributed by atoms with Crippen LogP contribution in [0.4, 0.5) is 0 Å². The number of fused-ring (bicyclic) bond motifs is 2. The molecule has 20 heavy (non-hydrogen) atoms. The highest BCUT2D eigenvalue weighted by molar-refractivity contribution is 5.88. The predicted molar refractivity (Wildman–Crippen MR) is 76.7 cm³/mol. The maximum Gasteiger partial charge on any atom is 0.309 e. The number of carbonyl (C=O) groups is 1. The fourth-order valence-corrected chi connectivity index (χ4v) is 3.89. The van der Waals surface area contributed by atoms with Gasteiger partial charge in [0.2, 0.25) is 0 Å². The summed E-state index contributed by atoms with van der Waals surface area (Å²) in [5.41, 5.74) is 3.97. The van der Waals surface area contributed by atoms with Crippen LogP contribution in [0.15, 0.2) is 24.4 Å². The molecule has 1 aromatic carbocycles. The normalized spacial score (nSPS) is 28.1. The molecule has 0 bridgehead atoms.